The zero-order chi connectivity index (χ0) is 19.4. The van der Waals surface area contributed by atoms with Crippen LogP contribution >= 0.6 is 11.3 Å². The van der Waals surface area contributed by atoms with Crippen molar-refractivity contribution in [3.05, 3.63) is 45.7 Å². The Morgan fingerprint density at radius 3 is 2.89 bits per heavy atom. The van der Waals surface area contributed by atoms with E-state index in [1.807, 2.05) is 6.92 Å². The third kappa shape index (κ3) is 4.65. The molecule has 1 aliphatic rings. The van der Waals surface area contributed by atoms with Crippen molar-refractivity contribution in [3.63, 3.8) is 0 Å². The monoisotopic (exact) mass is 392 g/mol. The van der Waals surface area contributed by atoms with Gasteiger partial charge in [0.1, 0.15) is 10.6 Å². The molecule has 5 nitrogen and oxygen atoms in total. The van der Waals surface area contributed by atoms with Gasteiger partial charge >= 0.3 is 0 Å². The molecule has 3 rings (SSSR count). The standard InChI is InChI=1S/C20H25FN2O3S/c1-14-18(8-13-26-17-7-4-3-6-16(17)21)27-19(22-14)20(25)9-5-11-23(12-10-20)15(2)24/h3-4,6-7,25H,5,8-13H2,1-2H3/t20-/m0/s1. The summed E-state index contributed by atoms with van der Waals surface area (Å²) in [5.74, 6) is -0.0887. The van der Waals surface area contributed by atoms with Crippen LogP contribution in [0.3, 0.4) is 0 Å². The minimum atomic E-state index is -0.996. The zero-order valence-electron chi connectivity index (χ0n) is 15.7. The number of benzene rings is 1. The fourth-order valence-electron chi connectivity index (χ4n) is 3.32. The molecule has 0 radical (unpaired) electrons. The predicted octanol–water partition coefficient (Wildman–Crippen LogP) is 3.43. The first-order chi connectivity index (χ1) is 12.9. The molecular formula is C20H25FN2O3S. The van der Waals surface area contributed by atoms with Crippen molar-refractivity contribution in [2.45, 2.75) is 45.1 Å². The van der Waals surface area contributed by atoms with Crippen molar-refractivity contribution in [1.29, 1.82) is 0 Å². The van der Waals surface area contributed by atoms with Crippen LogP contribution in [0.1, 0.15) is 41.8 Å². The molecule has 1 aliphatic heterocycles. The number of ether oxygens (including phenoxy) is 1. The first-order valence-corrected chi connectivity index (χ1v) is 10.0. The van der Waals surface area contributed by atoms with E-state index in [0.717, 1.165) is 17.0 Å². The molecule has 1 aromatic heterocycles. The molecule has 1 N–H and O–H groups in total. The van der Waals surface area contributed by atoms with Gasteiger partial charge in [0.15, 0.2) is 11.6 Å². The molecule has 0 aliphatic carbocycles. The highest BCUT2D eigenvalue weighted by Gasteiger charge is 2.35. The molecule has 2 heterocycles. The molecule has 0 bridgehead atoms. The molecule has 1 fully saturated rings. The van der Waals surface area contributed by atoms with Gasteiger partial charge < -0.3 is 14.7 Å². The maximum absolute atomic E-state index is 13.6. The maximum atomic E-state index is 13.6. The highest BCUT2D eigenvalue weighted by molar-refractivity contribution is 7.11. The maximum Gasteiger partial charge on any atom is 0.219 e. The number of halogens is 1. The summed E-state index contributed by atoms with van der Waals surface area (Å²) in [6, 6.07) is 6.34. The Hall–Kier alpha value is -1.99. The van der Waals surface area contributed by atoms with E-state index in [1.165, 1.54) is 17.4 Å². The van der Waals surface area contributed by atoms with Gasteiger partial charge in [-0.15, -0.1) is 11.3 Å². The molecular weight excluding hydrogens is 367 g/mol. The van der Waals surface area contributed by atoms with E-state index in [-0.39, 0.29) is 17.5 Å². The van der Waals surface area contributed by atoms with Crippen molar-refractivity contribution in [2.75, 3.05) is 19.7 Å². The Balaban J connectivity index is 1.65. The minimum absolute atomic E-state index is 0.0422. The molecule has 2 aromatic rings. The molecule has 1 aromatic carbocycles. The summed E-state index contributed by atoms with van der Waals surface area (Å²) in [4.78, 5) is 19.0. The molecule has 0 unspecified atom stereocenters. The second kappa shape index (κ2) is 8.35. The van der Waals surface area contributed by atoms with Crippen molar-refractivity contribution < 1.29 is 19.0 Å². The van der Waals surface area contributed by atoms with E-state index in [2.05, 4.69) is 4.98 Å². The topological polar surface area (TPSA) is 62.7 Å². The second-order valence-corrected chi connectivity index (χ2v) is 8.03. The summed E-state index contributed by atoms with van der Waals surface area (Å²) in [5, 5.41) is 11.8. The summed E-state index contributed by atoms with van der Waals surface area (Å²) < 4.78 is 19.2. The third-order valence-electron chi connectivity index (χ3n) is 4.97. The van der Waals surface area contributed by atoms with Gasteiger partial charge in [-0.1, -0.05) is 12.1 Å². The summed E-state index contributed by atoms with van der Waals surface area (Å²) in [7, 11) is 0. The fraction of sp³-hybridized carbons (Fsp3) is 0.500. The van der Waals surface area contributed by atoms with Gasteiger partial charge in [0.05, 0.1) is 12.3 Å². The lowest BCUT2D eigenvalue weighted by Crippen LogP contribution is -2.32. The van der Waals surface area contributed by atoms with Crippen LogP contribution in [-0.2, 0) is 16.8 Å². The van der Waals surface area contributed by atoms with Crippen LogP contribution in [0.25, 0.3) is 0 Å². The first kappa shape index (κ1) is 19.8. The van der Waals surface area contributed by atoms with Gasteiger partial charge in [-0.25, -0.2) is 9.37 Å². The van der Waals surface area contributed by atoms with Gasteiger partial charge in [-0.3, -0.25) is 4.79 Å². The van der Waals surface area contributed by atoms with Gasteiger partial charge in [-0.05, 0) is 31.9 Å². The molecule has 7 heteroatoms. The van der Waals surface area contributed by atoms with Crippen molar-refractivity contribution in [1.82, 2.24) is 9.88 Å². The molecule has 1 atom stereocenters. The van der Waals surface area contributed by atoms with Gasteiger partial charge in [0, 0.05) is 37.7 Å². The number of amides is 1. The Kier molecular flexibility index (Phi) is 6.11. The van der Waals surface area contributed by atoms with Crippen molar-refractivity contribution >= 4 is 17.2 Å². The second-order valence-electron chi connectivity index (χ2n) is 6.95. The quantitative estimate of drug-likeness (QED) is 0.847. The zero-order valence-corrected chi connectivity index (χ0v) is 16.5. The van der Waals surface area contributed by atoms with Crippen LogP contribution in [0.4, 0.5) is 4.39 Å². The number of carbonyl (C=O) groups is 1. The number of rotatable bonds is 5. The van der Waals surface area contributed by atoms with Gasteiger partial charge in [0.2, 0.25) is 5.91 Å². The average molecular weight is 392 g/mol. The van der Waals surface area contributed by atoms with E-state index < -0.39 is 5.60 Å². The number of hydrogen-bond acceptors (Lipinski definition) is 5. The molecule has 0 spiro atoms. The number of thiazole rings is 1. The van der Waals surface area contributed by atoms with Crippen LogP contribution < -0.4 is 4.74 Å². The van der Waals surface area contributed by atoms with Crippen LogP contribution in [0.5, 0.6) is 5.75 Å². The van der Waals surface area contributed by atoms with Crippen LogP contribution in [0.2, 0.25) is 0 Å². The van der Waals surface area contributed by atoms with E-state index in [4.69, 9.17) is 4.74 Å². The molecule has 0 saturated carbocycles. The summed E-state index contributed by atoms with van der Waals surface area (Å²) in [6.07, 6.45) is 2.44. The average Bonchev–Trinajstić information content (AvgIpc) is 2.88. The molecule has 146 valence electrons. The van der Waals surface area contributed by atoms with E-state index in [0.29, 0.717) is 44.0 Å². The van der Waals surface area contributed by atoms with E-state index in [9.17, 15) is 14.3 Å². The lowest BCUT2D eigenvalue weighted by molar-refractivity contribution is -0.128. The summed E-state index contributed by atoms with van der Waals surface area (Å²) in [5.41, 5.74) is -0.127. The van der Waals surface area contributed by atoms with Gasteiger partial charge in [-0.2, -0.15) is 0 Å². The smallest absolute Gasteiger partial charge is 0.219 e. The van der Waals surface area contributed by atoms with E-state index in [1.54, 1.807) is 30.0 Å². The lowest BCUT2D eigenvalue weighted by atomic mass is 9.96. The SMILES string of the molecule is CC(=O)N1CCC[C@@](O)(c2nc(C)c(CCOc3ccccc3F)s2)CC1. The highest BCUT2D eigenvalue weighted by atomic mass is 32.1. The number of hydrogen-bond donors (Lipinski definition) is 1. The highest BCUT2D eigenvalue weighted by Crippen LogP contribution is 2.36. The minimum Gasteiger partial charge on any atom is -0.490 e. The summed E-state index contributed by atoms with van der Waals surface area (Å²) in [6.45, 7) is 5.04. The van der Waals surface area contributed by atoms with Gasteiger partial charge in [0.25, 0.3) is 0 Å². The number of aryl methyl sites for hydroxylation is 1. The fourth-order valence-corrected chi connectivity index (χ4v) is 4.51. The number of aromatic nitrogens is 1. The number of aliphatic hydroxyl groups is 1. The van der Waals surface area contributed by atoms with Crippen molar-refractivity contribution in [2.24, 2.45) is 0 Å². The number of likely N-dealkylation sites (tertiary alicyclic amines) is 1. The normalized spacial score (nSPS) is 20.4. The Bertz CT molecular complexity index is 810. The number of para-hydroxylation sites is 1. The van der Waals surface area contributed by atoms with Crippen molar-refractivity contribution in [3.8, 4) is 5.75 Å². The summed E-state index contributed by atoms with van der Waals surface area (Å²) >= 11 is 1.48. The molecule has 1 saturated heterocycles. The largest absolute Gasteiger partial charge is 0.490 e. The van der Waals surface area contributed by atoms with E-state index >= 15 is 0 Å². The van der Waals surface area contributed by atoms with Crippen LogP contribution in [0, 0.1) is 12.7 Å². The number of carbonyl (C=O) groups excluding carboxylic acids is 1. The van der Waals surface area contributed by atoms with Crippen LogP contribution in [-0.4, -0.2) is 40.6 Å². The third-order valence-corrected chi connectivity index (χ3v) is 6.38. The first-order valence-electron chi connectivity index (χ1n) is 9.21. The van der Waals surface area contributed by atoms with Crippen LogP contribution in [0.15, 0.2) is 24.3 Å². The Morgan fingerprint density at radius 2 is 2.15 bits per heavy atom. The predicted molar refractivity (Wildman–Crippen MR) is 102 cm³/mol. The molecule has 27 heavy (non-hydrogen) atoms. The Morgan fingerprint density at radius 1 is 1.37 bits per heavy atom. The molecule has 1 amide bonds. The Labute approximate surface area is 162 Å². The number of nitrogens with zero attached hydrogens (tertiary/aromatic N) is 2. The lowest BCUT2D eigenvalue weighted by Gasteiger charge is -2.24.